The fraction of sp³-hybridized carbons (Fsp3) is 0.583. The lowest BCUT2D eigenvalue weighted by molar-refractivity contribution is -0.161. The van der Waals surface area contributed by atoms with Crippen LogP contribution in [0, 0.1) is 5.92 Å². The fourth-order valence-electron chi connectivity index (χ4n) is 4.93. The number of piperidine rings is 1. The van der Waals surface area contributed by atoms with Crippen molar-refractivity contribution in [3.05, 3.63) is 35.9 Å². The monoisotopic (exact) mass is 457 g/mol. The lowest BCUT2D eigenvalue weighted by Crippen LogP contribution is -2.51. The largest absolute Gasteiger partial charge is 0.458 e. The molecule has 0 aromatic heterocycles. The molecule has 2 amide bonds. The molecule has 3 unspecified atom stereocenters. The summed E-state index contributed by atoms with van der Waals surface area (Å²) in [6.45, 7) is 6.87. The van der Waals surface area contributed by atoms with E-state index in [1.807, 2.05) is 35.2 Å². The highest BCUT2D eigenvalue weighted by atomic mass is 16.6. The Labute approximate surface area is 193 Å². The fourth-order valence-corrected chi connectivity index (χ4v) is 4.93. The number of ketones is 1. The Balaban J connectivity index is 1.34. The lowest BCUT2D eigenvalue weighted by atomic mass is 9.91. The number of esters is 1. The van der Waals surface area contributed by atoms with Crippen molar-refractivity contribution in [2.45, 2.75) is 63.9 Å². The number of hydrogen-bond donors (Lipinski definition) is 1. The SMILES string of the molecule is CC(C)(C)OC(=O)C1C(=O)[C@@H]2CN1CC[C@@H]2N1CCC(NC(=O)OCc2ccccc2)C1=O. The number of Topliss-reactive ketones (excluding diaryl/α,β-unsaturated/α-hetero) is 1. The minimum atomic E-state index is -0.904. The second kappa shape index (κ2) is 9.13. The van der Waals surface area contributed by atoms with Gasteiger partial charge >= 0.3 is 12.1 Å². The molecule has 1 aromatic rings. The van der Waals surface area contributed by atoms with Crippen molar-refractivity contribution in [1.29, 1.82) is 0 Å². The molecule has 3 heterocycles. The van der Waals surface area contributed by atoms with Crippen molar-refractivity contribution >= 4 is 23.8 Å². The van der Waals surface area contributed by atoms with Gasteiger partial charge in [0, 0.05) is 25.7 Å². The molecule has 3 aliphatic heterocycles. The summed E-state index contributed by atoms with van der Waals surface area (Å²) < 4.78 is 10.7. The third kappa shape index (κ3) is 5.03. The molecular weight excluding hydrogens is 426 g/mol. The van der Waals surface area contributed by atoms with E-state index in [2.05, 4.69) is 5.32 Å². The molecule has 0 radical (unpaired) electrons. The molecule has 3 saturated heterocycles. The number of amides is 2. The Kier molecular flexibility index (Phi) is 6.43. The number of fused-ring (bicyclic) bond motifs is 2. The number of likely N-dealkylation sites (tertiary alicyclic amines) is 1. The van der Waals surface area contributed by atoms with Gasteiger partial charge in [0.1, 0.15) is 18.2 Å². The van der Waals surface area contributed by atoms with Gasteiger partial charge in [-0.3, -0.25) is 14.5 Å². The molecule has 9 heteroatoms. The molecule has 5 atom stereocenters. The highest BCUT2D eigenvalue weighted by molar-refractivity contribution is 6.06. The van der Waals surface area contributed by atoms with Crippen LogP contribution in [-0.2, 0) is 30.5 Å². The topological polar surface area (TPSA) is 105 Å². The summed E-state index contributed by atoms with van der Waals surface area (Å²) >= 11 is 0. The van der Waals surface area contributed by atoms with E-state index in [0.29, 0.717) is 32.5 Å². The molecule has 9 nitrogen and oxygen atoms in total. The second-order valence-electron chi connectivity index (χ2n) is 9.87. The van der Waals surface area contributed by atoms with Gasteiger partial charge in [-0.05, 0) is 39.2 Å². The molecule has 1 N–H and O–H groups in total. The van der Waals surface area contributed by atoms with Gasteiger partial charge in [-0.25, -0.2) is 9.59 Å². The van der Waals surface area contributed by atoms with Gasteiger partial charge in [0.2, 0.25) is 5.91 Å². The summed E-state index contributed by atoms with van der Waals surface area (Å²) in [6.07, 6.45) is 0.415. The highest BCUT2D eigenvalue weighted by Gasteiger charge is 2.54. The van der Waals surface area contributed by atoms with E-state index >= 15 is 0 Å². The molecule has 2 bridgehead atoms. The van der Waals surface area contributed by atoms with Crippen molar-refractivity contribution in [1.82, 2.24) is 15.1 Å². The minimum Gasteiger partial charge on any atom is -0.458 e. The van der Waals surface area contributed by atoms with E-state index in [0.717, 1.165) is 5.56 Å². The van der Waals surface area contributed by atoms with Crippen LogP contribution in [0.4, 0.5) is 4.79 Å². The van der Waals surface area contributed by atoms with Gasteiger partial charge in [-0.2, -0.15) is 0 Å². The van der Waals surface area contributed by atoms with Crippen molar-refractivity contribution in [2.24, 2.45) is 5.92 Å². The molecule has 0 spiro atoms. The maximum Gasteiger partial charge on any atom is 0.408 e. The number of rotatable bonds is 5. The van der Waals surface area contributed by atoms with Crippen LogP contribution in [0.15, 0.2) is 30.3 Å². The van der Waals surface area contributed by atoms with Crippen LogP contribution in [0.1, 0.15) is 39.2 Å². The number of alkyl carbamates (subject to hydrolysis) is 1. The van der Waals surface area contributed by atoms with Gasteiger partial charge in [0.15, 0.2) is 11.8 Å². The molecule has 178 valence electrons. The number of carbonyl (C=O) groups is 4. The summed E-state index contributed by atoms with van der Waals surface area (Å²) in [5, 5.41) is 2.65. The predicted octanol–water partition coefficient (Wildman–Crippen LogP) is 1.50. The van der Waals surface area contributed by atoms with Gasteiger partial charge < -0.3 is 19.7 Å². The van der Waals surface area contributed by atoms with Crippen LogP contribution < -0.4 is 5.32 Å². The summed E-state index contributed by atoms with van der Waals surface area (Å²) in [5.74, 6) is -1.34. The summed E-state index contributed by atoms with van der Waals surface area (Å²) in [7, 11) is 0. The molecule has 4 rings (SSSR count). The Bertz CT molecular complexity index is 928. The minimum absolute atomic E-state index is 0.123. The predicted molar refractivity (Wildman–Crippen MR) is 118 cm³/mol. The summed E-state index contributed by atoms with van der Waals surface area (Å²) in [5.41, 5.74) is 0.186. The van der Waals surface area contributed by atoms with Crippen molar-refractivity contribution in [2.75, 3.05) is 19.6 Å². The number of benzene rings is 1. The third-order valence-corrected chi connectivity index (χ3v) is 6.38. The normalized spacial score (nSPS) is 29.2. The van der Waals surface area contributed by atoms with Crippen molar-refractivity contribution in [3.63, 3.8) is 0 Å². The molecule has 33 heavy (non-hydrogen) atoms. The lowest BCUT2D eigenvalue weighted by Gasteiger charge is -2.36. The average molecular weight is 458 g/mol. The van der Waals surface area contributed by atoms with Crippen molar-refractivity contribution in [3.8, 4) is 0 Å². The first kappa shape index (κ1) is 23.2. The number of carbonyl (C=O) groups excluding carboxylic acids is 4. The Morgan fingerprint density at radius 2 is 1.82 bits per heavy atom. The molecule has 3 fully saturated rings. The number of hydrogen-bond acceptors (Lipinski definition) is 7. The van der Waals surface area contributed by atoms with Gasteiger partial charge in [0.05, 0.1) is 5.92 Å². The highest BCUT2D eigenvalue weighted by Crippen LogP contribution is 2.35. The van der Waals surface area contributed by atoms with Gasteiger partial charge in [0.25, 0.3) is 0 Å². The zero-order valence-corrected chi connectivity index (χ0v) is 19.3. The van der Waals surface area contributed by atoms with Crippen LogP contribution in [-0.4, -0.2) is 76.9 Å². The maximum atomic E-state index is 13.1. The van der Waals surface area contributed by atoms with E-state index in [9.17, 15) is 19.2 Å². The average Bonchev–Trinajstić information content (AvgIpc) is 3.24. The van der Waals surface area contributed by atoms with Crippen molar-refractivity contribution < 1.29 is 28.7 Å². The molecule has 1 aromatic carbocycles. The Morgan fingerprint density at radius 3 is 2.52 bits per heavy atom. The van der Waals surface area contributed by atoms with E-state index in [1.54, 1.807) is 25.7 Å². The van der Waals surface area contributed by atoms with E-state index in [4.69, 9.17) is 9.47 Å². The number of nitrogens with one attached hydrogen (secondary N) is 1. The Morgan fingerprint density at radius 1 is 1.09 bits per heavy atom. The Hall–Kier alpha value is -2.94. The first-order valence-electron chi connectivity index (χ1n) is 11.4. The van der Waals surface area contributed by atoms with Crippen LogP contribution in [0.3, 0.4) is 0 Å². The number of ether oxygens (including phenoxy) is 2. The van der Waals surface area contributed by atoms with E-state index in [-0.39, 0.29) is 24.3 Å². The quantitative estimate of drug-likeness (QED) is 0.528. The van der Waals surface area contributed by atoms with Gasteiger partial charge in [-0.1, -0.05) is 30.3 Å². The standard InChI is InChI=1S/C24H31N3O6/c1-24(2,3)33-22(30)19-20(28)16-13-26(19)11-10-18(16)27-12-9-17(21(27)29)25-23(31)32-14-15-7-5-4-6-8-15/h4-8,16-19H,9-14H2,1-3H3,(H,25,31)/t16-,17?,18+,19?/m1/s1. The van der Waals surface area contributed by atoms with Crippen LogP contribution in [0.5, 0.6) is 0 Å². The molecule has 0 aliphatic carbocycles. The van der Waals surface area contributed by atoms with Gasteiger partial charge in [-0.15, -0.1) is 0 Å². The van der Waals surface area contributed by atoms with Crippen LogP contribution in [0.25, 0.3) is 0 Å². The molecule has 3 aliphatic rings. The third-order valence-electron chi connectivity index (χ3n) is 6.38. The first-order valence-corrected chi connectivity index (χ1v) is 11.4. The van der Waals surface area contributed by atoms with Crippen LogP contribution in [0.2, 0.25) is 0 Å². The summed E-state index contributed by atoms with van der Waals surface area (Å²) in [4.78, 5) is 54.5. The smallest absolute Gasteiger partial charge is 0.408 e. The van der Waals surface area contributed by atoms with E-state index < -0.39 is 35.7 Å². The van der Waals surface area contributed by atoms with Crippen LogP contribution >= 0.6 is 0 Å². The van der Waals surface area contributed by atoms with E-state index in [1.165, 1.54) is 0 Å². The zero-order valence-electron chi connectivity index (χ0n) is 19.3. The molecular formula is C24H31N3O6. The molecule has 0 saturated carbocycles. The second-order valence-corrected chi connectivity index (χ2v) is 9.87. The summed E-state index contributed by atoms with van der Waals surface area (Å²) in [6, 6.07) is 7.45. The zero-order chi connectivity index (χ0) is 23.8. The maximum absolute atomic E-state index is 13.1. The number of nitrogens with zero attached hydrogens (tertiary/aromatic N) is 2. The first-order chi connectivity index (χ1) is 15.6.